The quantitative estimate of drug-likeness (QED) is 0.458. The van der Waals surface area contributed by atoms with Crippen molar-refractivity contribution in [3.8, 4) is 0 Å². The Balaban J connectivity index is 3.33. The molecule has 0 aliphatic carbocycles. The number of hydrogen-bond donors (Lipinski definition) is 0. The first-order valence-electron chi connectivity index (χ1n) is 3.30. The average Bonchev–Trinajstić information content (AvgIpc) is 2.12. The third-order valence-corrected chi connectivity index (χ3v) is 3.12. The first-order chi connectivity index (χ1) is 6.07. The molecule has 70 valence electrons. The minimum Gasteiger partial charge on any atom is -0.293 e. The molecular weight excluding hydrogens is 326 g/mol. The van der Waals surface area contributed by atoms with E-state index < -0.39 is 5.82 Å². The minimum absolute atomic E-state index is 0.146. The number of halogens is 4. The maximum absolute atomic E-state index is 13.0. The molecule has 1 aromatic rings. The van der Waals surface area contributed by atoms with Crippen LogP contribution in [0.25, 0.3) is 0 Å². The van der Waals surface area contributed by atoms with Gasteiger partial charge in [0.15, 0.2) is 5.78 Å². The van der Waals surface area contributed by atoms with Gasteiger partial charge in [0.2, 0.25) is 0 Å². The number of alkyl halides is 1. The molecule has 1 aromatic carbocycles. The predicted molar refractivity (Wildman–Crippen MR) is 56.9 cm³/mol. The van der Waals surface area contributed by atoms with Crippen LogP contribution in [0.15, 0.2) is 21.1 Å². The van der Waals surface area contributed by atoms with E-state index in [2.05, 4.69) is 31.9 Å². The van der Waals surface area contributed by atoms with Crippen LogP contribution in [0.4, 0.5) is 4.39 Å². The van der Waals surface area contributed by atoms with E-state index >= 15 is 0 Å². The lowest BCUT2D eigenvalue weighted by molar-refractivity contribution is 0.101. The molecule has 0 aliphatic heterocycles. The summed E-state index contributed by atoms with van der Waals surface area (Å²) in [6, 6.07) is 2.74. The van der Waals surface area contributed by atoms with Crippen LogP contribution < -0.4 is 0 Å². The summed E-state index contributed by atoms with van der Waals surface area (Å²) in [5, 5.41) is 0. The van der Waals surface area contributed by atoms with Crippen LogP contribution in [-0.4, -0.2) is 11.7 Å². The fourth-order valence-electron chi connectivity index (χ4n) is 0.849. The summed E-state index contributed by atoms with van der Waals surface area (Å²) in [5.74, 6) is -0.961. The van der Waals surface area contributed by atoms with Gasteiger partial charge in [0.1, 0.15) is 5.82 Å². The van der Waals surface area contributed by atoms with Crippen molar-refractivity contribution >= 4 is 49.2 Å². The second kappa shape index (κ2) is 4.53. The topological polar surface area (TPSA) is 17.1 Å². The second-order valence-electron chi connectivity index (χ2n) is 2.27. The summed E-state index contributed by atoms with van der Waals surface area (Å²) in [6.07, 6.45) is 0. The maximum Gasteiger partial charge on any atom is 0.179 e. The number of carbonyl (C=O) groups is 1. The molecule has 0 fully saturated rings. The van der Waals surface area contributed by atoms with Crippen molar-refractivity contribution in [1.82, 2.24) is 0 Å². The van der Waals surface area contributed by atoms with Crippen LogP contribution in [0, 0.1) is 5.82 Å². The predicted octanol–water partition coefficient (Wildman–Crippen LogP) is 3.77. The number of hydrogen-bond acceptors (Lipinski definition) is 1. The van der Waals surface area contributed by atoms with E-state index in [-0.39, 0.29) is 21.7 Å². The minimum atomic E-state index is -0.475. The molecule has 5 heteroatoms. The van der Waals surface area contributed by atoms with E-state index in [0.29, 0.717) is 4.47 Å². The van der Waals surface area contributed by atoms with E-state index in [4.69, 9.17) is 11.6 Å². The molecule has 0 unspecified atom stereocenters. The molecule has 13 heavy (non-hydrogen) atoms. The third-order valence-electron chi connectivity index (χ3n) is 1.44. The molecule has 0 bridgehead atoms. The van der Waals surface area contributed by atoms with Gasteiger partial charge in [-0.3, -0.25) is 4.79 Å². The summed E-state index contributed by atoms with van der Waals surface area (Å²) < 4.78 is 13.7. The number of carbonyl (C=O) groups excluding carboxylic acids is 1. The summed E-state index contributed by atoms with van der Waals surface area (Å²) >= 11 is 11.5. The Hall–Kier alpha value is 0.0700. The molecule has 0 amide bonds. The van der Waals surface area contributed by atoms with Gasteiger partial charge in [0.25, 0.3) is 0 Å². The van der Waals surface area contributed by atoms with Gasteiger partial charge < -0.3 is 0 Å². The second-order valence-corrected chi connectivity index (χ2v) is 4.19. The van der Waals surface area contributed by atoms with Crippen molar-refractivity contribution < 1.29 is 9.18 Å². The molecule has 0 radical (unpaired) electrons. The Morgan fingerprint density at radius 1 is 1.46 bits per heavy atom. The van der Waals surface area contributed by atoms with Crippen molar-refractivity contribution in [3.63, 3.8) is 0 Å². The van der Waals surface area contributed by atoms with E-state index in [1.54, 1.807) is 0 Å². The van der Waals surface area contributed by atoms with E-state index in [0.717, 1.165) is 0 Å². The maximum atomic E-state index is 13.0. The smallest absolute Gasteiger partial charge is 0.179 e. The first kappa shape index (κ1) is 11.1. The Bertz CT molecular complexity index is 354. The lowest BCUT2D eigenvalue weighted by Crippen LogP contribution is -2.03. The molecule has 0 heterocycles. The molecular formula is C8H4Br2ClFO. The summed E-state index contributed by atoms with van der Waals surface area (Å²) in [4.78, 5) is 11.2. The summed E-state index contributed by atoms with van der Waals surface area (Å²) in [5.41, 5.74) is 0.245. The standard InChI is InChI=1S/C8H4Br2ClFO/c9-4-1-2-5(12)8(10)7(4)6(13)3-11/h1-2H,3H2. The number of Topliss-reactive ketones (excluding diaryl/α,β-unsaturated/α-hetero) is 1. The van der Waals surface area contributed by atoms with Crippen molar-refractivity contribution in [2.45, 2.75) is 0 Å². The largest absolute Gasteiger partial charge is 0.293 e. The zero-order valence-corrected chi connectivity index (χ0v) is 10.2. The van der Waals surface area contributed by atoms with Crippen molar-refractivity contribution in [1.29, 1.82) is 0 Å². The summed E-state index contributed by atoms with van der Waals surface area (Å²) in [6.45, 7) is 0. The van der Waals surface area contributed by atoms with Crippen LogP contribution >= 0.6 is 43.5 Å². The molecule has 0 spiro atoms. The number of benzene rings is 1. The number of rotatable bonds is 2. The SMILES string of the molecule is O=C(CCl)c1c(Br)ccc(F)c1Br. The molecule has 1 nitrogen and oxygen atoms in total. The molecule has 0 aromatic heterocycles. The summed E-state index contributed by atoms with van der Waals surface area (Å²) in [7, 11) is 0. The molecule has 0 saturated heterocycles. The highest BCUT2D eigenvalue weighted by Crippen LogP contribution is 2.28. The number of ketones is 1. The normalized spacial score (nSPS) is 10.2. The average molecular weight is 330 g/mol. The lowest BCUT2D eigenvalue weighted by Gasteiger charge is -2.04. The Labute approximate surface area is 96.5 Å². The Kier molecular flexibility index (Phi) is 3.88. The molecule has 0 saturated carbocycles. The van der Waals surface area contributed by atoms with Gasteiger partial charge >= 0.3 is 0 Å². The zero-order valence-electron chi connectivity index (χ0n) is 6.28. The van der Waals surface area contributed by atoms with Crippen LogP contribution in [0.2, 0.25) is 0 Å². The van der Waals surface area contributed by atoms with Crippen LogP contribution in [0.5, 0.6) is 0 Å². The molecule has 1 rings (SSSR count). The van der Waals surface area contributed by atoms with E-state index in [1.165, 1.54) is 12.1 Å². The Morgan fingerprint density at radius 2 is 2.08 bits per heavy atom. The van der Waals surface area contributed by atoms with Crippen LogP contribution in [-0.2, 0) is 0 Å². The van der Waals surface area contributed by atoms with Gasteiger partial charge in [0, 0.05) is 4.47 Å². The lowest BCUT2D eigenvalue weighted by atomic mass is 10.1. The molecule has 0 aliphatic rings. The van der Waals surface area contributed by atoms with Crippen LogP contribution in [0.1, 0.15) is 10.4 Å². The van der Waals surface area contributed by atoms with Crippen LogP contribution in [0.3, 0.4) is 0 Å². The highest BCUT2D eigenvalue weighted by atomic mass is 79.9. The molecule has 0 atom stereocenters. The van der Waals surface area contributed by atoms with Gasteiger partial charge in [-0.05, 0) is 28.1 Å². The monoisotopic (exact) mass is 328 g/mol. The van der Waals surface area contributed by atoms with Gasteiger partial charge in [-0.2, -0.15) is 0 Å². The van der Waals surface area contributed by atoms with Gasteiger partial charge in [-0.25, -0.2) is 4.39 Å². The van der Waals surface area contributed by atoms with E-state index in [9.17, 15) is 9.18 Å². The van der Waals surface area contributed by atoms with Gasteiger partial charge in [-0.1, -0.05) is 15.9 Å². The van der Waals surface area contributed by atoms with Gasteiger partial charge in [-0.15, -0.1) is 11.6 Å². The van der Waals surface area contributed by atoms with Crippen molar-refractivity contribution in [2.24, 2.45) is 0 Å². The van der Waals surface area contributed by atoms with Crippen molar-refractivity contribution in [3.05, 3.63) is 32.5 Å². The highest BCUT2D eigenvalue weighted by Gasteiger charge is 2.15. The fraction of sp³-hybridized carbons (Fsp3) is 0.125. The fourth-order valence-corrected chi connectivity index (χ4v) is 2.37. The highest BCUT2D eigenvalue weighted by molar-refractivity contribution is 9.11. The zero-order chi connectivity index (χ0) is 10.0. The van der Waals surface area contributed by atoms with Gasteiger partial charge in [0.05, 0.1) is 15.9 Å². The Morgan fingerprint density at radius 3 is 2.62 bits per heavy atom. The van der Waals surface area contributed by atoms with Crippen molar-refractivity contribution in [2.75, 3.05) is 5.88 Å². The van der Waals surface area contributed by atoms with E-state index in [1.807, 2.05) is 0 Å². The molecule has 0 N–H and O–H groups in total. The third kappa shape index (κ3) is 2.30. The first-order valence-corrected chi connectivity index (χ1v) is 5.42.